The Morgan fingerprint density at radius 3 is 2.68 bits per heavy atom. The molecule has 0 saturated carbocycles. The van der Waals surface area contributed by atoms with Crippen molar-refractivity contribution in [3.05, 3.63) is 53.7 Å². The number of nitrogens with zero attached hydrogens (tertiary/aromatic N) is 3. The number of carbonyl (C=O) groups is 1. The van der Waals surface area contributed by atoms with Gasteiger partial charge in [0.15, 0.2) is 16.7 Å². The number of hydrogen-bond donors (Lipinski definition) is 1. The number of aliphatic imine (C=N–C) groups is 1. The average molecular weight is 445 g/mol. The number of amides is 1. The minimum atomic E-state index is -2.95. The molecule has 160 valence electrons. The highest BCUT2D eigenvalue weighted by Crippen LogP contribution is 2.32. The Hall–Kier alpha value is -3.58. The topological polar surface area (TPSA) is 95.1 Å². The van der Waals surface area contributed by atoms with Gasteiger partial charge in [-0.3, -0.25) is 9.69 Å². The number of phenols is 1. The van der Waals surface area contributed by atoms with Gasteiger partial charge in [-0.25, -0.2) is 4.99 Å². The number of amidine groups is 1. The highest BCUT2D eigenvalue weighted by atomic mass is 32.2. The molecule has 1 heterocycles. The number of alkyl halides is 2. The molecule has 10 heteroatoms. The van der Waals surface area contributed by atoms with Crippen LogP contribution in [0.5, 0.6) is 17.2 Å². The Kier molecular flexibility index (Phi) is 7.10. The summed E-state index contributed by atoms with van der Waals surface area (Å²) in [6.45, 7) is -0.814. The fourth-order valence-electron chi connectivity index (χ4n) is 2.74. The molecule has 0 fully saturated rings. The number of nitriles is 1. The molecule has 3 rings (SSSR count). The molecule has 1 aliphatic rings. The molecular weight excluding hydrogens is 428 g/mol. The maximum absolute atomic E-state index is 13.0. The Morgan fingerprint density at radius 2 is 2.03 bits per heavy atom. The Bertz CT molecular complexity index is 1070. The molecule has 0 spiro atoms. The number of carbonyl (C=O) groups excluding carboxylic acids is 1. The molecule has 2 aromatic carbocycles. The molecule has 0 unspecified atom stereocenters. The number of halogens is 2. The zero-order valence-corrected chi connectivity index (χ0v) is 17.1. The SMILES string of the molecule is CCOc1cc(/C=C2\N=C(SCC#N)N(c3ccc(OC(F)F)cc3)C2=O)ccc1O. The predicted molar refractivity (Wildman–Crippen MR) is 113 cm³/mol. The van der Waals surface area contributed by atoms with Crippen molar-refractivity contribution in [3.63, 3.8) is 0 Å². The molecule has 0 atom stereocenters. The molecule has 1 N–H and O–H groups in total. The van der Waals surface area contributed by atoms with Crippen LogP contribution < -0.4 is 14.4 Å². The summed E-state index contributed by atoms with van der Waals surface area (Å²) in [5, 5.41) is 19.0. The molecule has 1 amide bonds. The van der Waals surface area contributed by atoms with Gasteiger partial charge in [-0.05, 0) is 55.0 Å². The summed E-state index contributed by atoms with van der Waals surface area (Å²) in [6, 6.07) is 12.2. The second-order valence-corrected chi connectivity index (χ2v) is 6.99. The van der Waals surface area contributed by atoms with E-state index >= 15 is 0 Å². The highest BCUT2D eigenvalue weighted by Gasteiger charge is 2.32. The molecule has 0 bridgehead atoms. The number of anilines is 1. The zero-order valence-electron chi connectivity index (χ0n) is 16.3. The van der Waals surface area contributed by atoms with Crippen LogP contribution in [0.2, 0.25) is 0 Å². The second kappa shape index (κ2) is 9.95. The summed E-state index contributed by atoms with van der Waals surface area (Å²) in [4.78, 5) is 18.7. The number of aromatic hydroxyl groups is 1. The highest BCUT2D eigenvalue weighted by molar-refractivity contribution is 8.14. The van der Waals surface area contributed by atoms with Crippen molar-refractivity contribution in [2.24, 2.45) is 4.99 Å². The van der Waals surface area contributed by atoms with E-state index in [1.807, 2.05) is 6.07 Å². The van der Waals surface area contributed by atoms with Gasteiger partial charge in [-0.2, -0.15) is 14.0 Å². The van der Waals surface area contributed by atoms with Gasteiger partial charge < -0.3 is 14.6 Å². The summed E-state index contributed by atoms with van der Waals surface area (Å²) in [5.41, 5.74) is 1.09. The van der Waals surface area contributed by atoms with E-state index in [2.05, 4.69) is 9.73 Å². The third-order valence-electron chi connectivity index (χ3n) is 4.00. The van der Waals surface area contributed by atoms with Crippen molar-refractivity contribution >= 4 is 34.6 Å². The van der Waals surface area contributed by atoms with Crippen LogP contribution in [-0.2, 0) is 4.79 Å². The van der Waals surface area contributed by atoms with Gasteiger partial charge in [0, 0.05) is 0 Å². The molecule has 0 aromatic heterocycles. The van der Waals surface area contributed by atoms with Gasteiger partial charge in [-0.15, -0.1) is 0 Å². The van der Waals surface area contributed by atoms with Crippen molar-refractivity contribution in [1.82, 2.24) is 0 Å². The summed E-state index contributed by atoms with van der Waals surface area (Å²) in [7, 11) is 0. The van der Waals surface area contributed by atoms with Crippen LogP contribution in [0.25, 0.3) is 6.08 Å². The lowest BCUT2D eigenvalue weighted by molar-refractivity contribution is -0.113. The van der Waals surface area contributed by atoms with Crippen molar-refractivity contribution in [2.45, 2.75) is 13.5 Å². The van der Waals surface area contributed by atoms with Gasteiger partial charge in [0.2, 0.25) is 0 Å². The summed E-state index contributed by atoms with van der Waals surface area (Å²) >= 11 is 1.07. The second-order valence-electron chi connectivity index (χ2n) is 6.04. The first-order valence-electron chi connectivity index (χ1n) is 9.08. The van der Waals surface area contributed by atoms with E-state index in [1.54, 1.807) is 19.1 Å². The molecule has 2 aromatic rings. The summed E-state index contributed by atoms with van der Waals surface area (Å²) < 4.78 is 34.4. The maximum Gasteiger partial charge on any atom is 0.387 e. The van der Waals surface area contributed by atoms with Crippen molar-refractivity contribution < 1.29 is 28.2 Å². The van der Waals surface area contributed by atoms with Crippen LogP contribution >= 0.6 is 11.8 Å². The number of phenolic OH excluding ortho intramolecular Hbond substituents is 1. The smallest absolute Gasteiger partial charge is 0.387 e. The summed E-state index contributed by atoms with van der Waals surface area (Å²) in [5.74, 6) is -0.179. The normalized spacial score (nSPS) is 14.7. The average Bonchev–Trinajstić information content (AvgIpc) is 3.04. The fourth-order valence-corrected chi connectivity index (χ4v) is 3.42. The first kappa shape index (κ1) is 22.1. The number of rotatable bonds is 7. The van der Waals surface area contributed by atoms with Crippen molar-refractivity contribution in [2.75, 3.05) is 17.3 Å². The Balaban J connectivity index is 1.93. The van der Waals surface area contributed by atoms with Crippen LogP contribution in [0.15, 0.2) is 53.2 Å². The minimum Gasteiger partial charge on any atom is -0.504 e. The van der Waals surface area contributed by atoms with Crippen LogP contribution in [-0.4, -0.2) is 35.2 Å². The standard InChI is InChI=1S/C21H17F2N3O4S/c1-2-29-18-12-13(3-8-17(18)27)11-16-19(28)26(21(25-16)31-10-9-24)14-4-6-15(7-5-14)30-20(22)23/h3-8,11-12,20,27H,2,10H2,1H3/b16-11-. The van der Waals surface area contributed by atoms with E-state index in [0.717, 1.165) is 11.8 Å². The number of hydrogen-bond acceptors (Lipinski definition) is 7. The number of ether oxygens (including phenoxy) is 2. The minimum absolute atomic E-state index is 0.0248. The van der Waals surface area contributed by atoms with Gasteiger partial charge in [-0.1, -0.05) is 17.8 Å². The van der Waals surface area contributed by atoms with Crippen molar-refractivity contribution in [3.8, 4) is 23.3 Å². The lowest BCUT2D eigenvalue weighted by Crippen LogP contribution is -2.30. The largest absolute Gasteiger partial charge is 0.504 e. The number of benzene rings is 2. The molecule has 7 nitrogen and oxygen atoms in total. The monoisotopic (exact) mass is 445 g/mol. The lowest BCUT2D eigenvalue weighted by Gasteiger charge is -2.17. The fraction of sp³-hybridized carbons (Fsp3) is 0.190. The zero-order chi connectivity index (χ0) is 22.4. The maximum atomic E-state index is 13.0. The molecule has 1 aliphatic heterocycles. The van der Waals surface area contributed by atoms with E-state index in [1.165, 1.54) is 41.3 Å². The number of thioether (sulfide) groups is 1. The third kappa shape index (κ3) is 5.32. The van der Waals surface area contributed by atoms with Crippen LogP contribution in [0.4, 0.5) is 14.5 Å². The van der Waals surface area contributed by atoms with Crippen LogP contribution in [0.1, 0.15) is 12.5 Å². The van der Waals surface area contributed by atoms with E-state index in [-0.39, 0.29) is 33.9 Å². The molecule has 0 radical (unpaired) electrons. The first-order valence-corrected chi connectivity index (χ1v) is 10.1. The van der Waals surface area contributed by atoms with Gasteiger partial charge >= 0.3 is 6.61 Å². The van der Waals surface area contributed by atoms with Crippen molar-refractivity contribution in [1.29, 1.82) is 5.26 Å². The molecule has 0 aliphatic carbocycles. The third-order valence-corrected chi connectivity index (χ3v) is 4.81. The van der Waals surface area contributed by atoms with Gasteiger partial charge in [0.25, 0.3) is 5.91 Å². The van der Waals surface area contributed by atoms with E-state index in [9.17, 15) is 18.7 Å². The Labute approximate surface area is 181 Å². The quantitative estimate of drug-likeness (QED) is 0.635. The van der Waals surface area contributed by atoms with Gasteiger partial charge in [0.1, 0.15) is 11.4 Å². The molecular formula is C21H17F2N3O4S. The van der Waals surface area contributed by atoms with E-state index < -0.39 is 12.5 Å². The van der Waals surface area contributed by atoms with Crippen LogP contribution in [0, 0.1) is 11.3 Å². The molecule has 0 saturated heterocycles. The lowest BCUT2D eigenvalue weighted by atomic mass is 10.1. The van der Waals surface area contributed by atoms with Gasteiger partial charge in [0.05, 0.1) is 24.1 Å². The van der Waals surface area contributed by atoms with Crippen LogP contribution in [0.3, 0.4) is 0 Å². The van der Waals surface area contributed by atoms with E-state index in [0.29, 0.717) is 17.9 Å². The summed E-state index contributed by atoms with van der Waals surface area (Å²) in [6.07, 6.45) is 1.53. The Morgan fingerprint density at radius 1 is 1.29 bits per heavy atom. The molecule has 31 heavy (non-hydrogen) atoms. The first-order chi connectivity index (χ1) is 14.9. The predicted octanol–water partition coefficient (Wildman–Crippen LogP) is 4.39. The van der Waals surface area contributed by atoms with E-state index in [4.69, 9.17) is 10.00 Å².